The average Bonchev–Trinajstić information content (AvgIpc) is 3.09. The van der Waals surface area contributed by atoms with Gasteiger partial charge in [-0.25, -0.2) is 4.68 Å². The summed E-state index contributed by atoms with van der Waals surface area (Å²) in [6.45, 7) is 1.54. The Morgan fingerprint density at radius 2 is 2.35 bits per heavy atom. The van der Waals surface area contributed by atoms with Crippen molar-refractivity contribution in [1.29, 1.82) is 0 Å². The fourth-order valence-corrected chi connectivity index (χ4v) is 3.43. The first-order chi connectivity index (χ1) is 10.8. The first-order valence-electron chi connectivity index (χ1n) is 7.48. The normalized spacial score (nSPS) is 17.3. The summed E-state index contributed by atoms with van der Waals surface area (Å²) in [7, 11) is 0. The zero-order valence-electron chi connectivity index (χ0n) is 12.8. The van der Waals surface area contributed by atoms with Crippen molar-refractivity contribution in [2.75, 3.05) is 18.1 Å². The monoisotopic (exact) mass is 352 g/mol. The minimum atomic E-state index is 0. The molecular weight excluding hydrogens is 332 g/mol. The third-order valence-corrected chi connectivity index (χ3v) is 4.73. The minimum Gasteiger partial charge on any atom is -0.352 e. The van der Waals surface area contributed by atoms with Crippen molar-refractivity contribution in [2.45, 2.75) is 19.0 Å². The van der Waals surface area contributed by atoms with Gasteiger partial charge in [0.2, 0.25) is 5.91 Å². The van der Waals surface area contributed by atoms with Gasteiger partial charge in [-0.15, -0.1) is 12.4 Å². The van der Waals surface area contributed by atoms with Gasteiger partial charge in [0.1, 0.15) is 0 Å². The van der Waals surface area contributed by atoms with E-state index in [1.54, 1.807) is 6.20 Å². The van der Waals surface area contributed by atoms with Crippen molar-refractivity contribution in [2.24, 2.45) is 0 Å². The predicted octanol–water partition coefficient (Wildman–Crippen LogP) is 2.01. The number of thioether (sulfide) groups is 1. The highest BCUT2D eigenvalue weighted by Crippen LogP contribution is 2.11. The number of halogens is 1. The van der Waals surface area contributed by atoms with Gasteiger partial charge in [-0.1, -0.05) is 12.1 Å². The van der Waals surface area contributed by atoms with Crippen molar-refractivity contribution in [1.82, 2.24) is 20.4 Å². The van der Waals surface area contributed by atoms with E-state index in [1.165, 1.54) is 0 Å². The van der Waals surface area contributed by atoms with Gasteiger partial charge in [0.05, 0.1) is 5.69 Å². The molecule has 7 heteroatoms. The Morgan fingerprint density at radius 3 is 3.09 bits per heavy atom. The largest absolute Gasteiger partial charge is 0.352 e. The SMILES string of the molecule is Cl.O=C(CC1CSCCN1)NCc1cccc(-n2cccn2)c1. The molecule has 3 rings (SSSR count). The van der Waals surface area contributed by atoms with Crippen LogP contribution in [-0.4, -0.2) is 39.8 Å². The van der Waals surface area contributed by atoms with E-state index in [0.717, 1.165) is 29.3 Å². The van der Waals surface area contributed by atoms with Crippen LogP contribution in [-0.2, 0) is 11.3 Å². The molecule has 1 saturated heterocycles. The molecule has 2 heterocycles. The standard InChI is InChI=1S/C16H20N4OS.ClH/c21-16(10-14-12-22-8-6-17-14)18-11-13-3-1-4-15(9-13)20-7-2-5-19-20;/h1-5,7,9,14,17H,6,8,10-12H2,(H,18,21);1H. The summed E-state index contributed by atoms with van der Waals surface area (Å²) in [5.74, 6) is 2.25. The van der Waals surface area contributed by atoms with Crippen LogP contribution in [0.1, 0.15) is 12.0 Å². The van der Waals surface area contributed by atoms with Gasteiger partial charge < -0.3 is 10.6 Å². The van der Waals surface area contributed by atoms with Gasteiger partial charge in [-0.05, 0) is 23.8 Å². The molecule has 0 bridgehead atoms. The van der Waals surface area contributed by atoms with Crippen LogP contribution in [0.5, 0.6) is 0 Å². The molecule has 1 unspecified atom stereocenters. The van der Waals surface area contributed by atoms with Crippen molar-refractivity contribution in [3.63, 3.8) is 0 Å². The number of amides is 1. The molecule has 2 aromatic rings. The minimum absolute atomic E-state index is 0. The van der Waals surface area contributed by atoms with Crippen LogP contribution in [0.15, 0.2) is 42.7 Å². The van der Waals surface area contributed by atoms with Crippen molar-refractivity contribution in [3.8, 4) is 5.69 Å². The van der Waals surface area contributed by atoms with Crippen LogP contribution in [0.4, 0.5) is 0 Å². The Kier molecular flexibility index (Phi) is 6.95. The van der Waals surface area contributed by atoms with Gasteiger partial charge in [-0.2, -0.15) is 16.9 Å². The molecular formula is C16H21ClN4OS. The first kappa shape index (κ1) is 17.8. The summed E-state index contributed by atoms with van der Waals surface area (Å²) in [6, 6.07) is 10.2. The van der Waals surface area contributed by atoms with Crippen molar-refractivity contribution < 1.29 is 4.79 Å². The molecule has 0 spiro atoms. The number of rotatable bonds is 5. The van der Waals surface area contributed by atoms with Gasteiger partial charge in [-0.3, -0.25) is 4.79 Å². The van der Waals surface area contributed by atoms with Gasteiger partial charge in [0.25, 0.3) is 0 Å². The van der Waals surface area contributed by atoms with E-state index in [9.17, 15) is 4.79 Å². The molecule has 1 aromatic heterocycles. The van der Waals surface area contributed by atoms with Crippen LogP contribution < -0.4 is 10.6 Å². The molecule has 0 radical (unpaired) electrons. The second-order valence-electron chi connectivity index (χ2n) is 5.33. The second-order valence-corrected chi connectivity index (χ2v) is 6.48. The molecule has 0 saturated carbocycles. The van der Waals surface area contributed by atoms with Crippen LogP contribution in [0, 0.1) is 0 Å². The summed E-state index contributed by atoms with van der Waals surface area (Å²) in [5, 5.41) is 10.6. The molecule has 2 N–H and O–H groups in total. The molecule has 0 aliphatic carbocycles. The highest BCUT2D eigenvalue weighted by atomic mass is 35.5. The second kappa shape index (κ2) is 8.96. The maximum Gasteiger partial charge on any atom is 0.221 e. The van der Waals surface area contributed by atoms with E-state index in [0.29, 0.717) is 19.0 Å². The summed E-state index contributed by atoms with van der Waals surface area (Å²) < 4.78 is 1.81. The van der Waals surface area contributed by atoms with Crippen LogP contribution >= 0.6 is 24.2 Å². The van der Waals surface area contributed by atoms with Gasteiger partial charge in [0.15, 0.2) is 0 Å². The lowest BCUT2D eigenvalue weighted by molar-refractivity contribution is -0.121. The van der Waals surface area contributed by atoms with Crippen LogP contribution in [0.3, 0.4) is 0 Å². The topological polar surface area (TPSA) is 59.0 Å². The smallest absolute Gasteiger partial charge is 0.221 e. The first-order valence-corrected chi connectivity index (χ1v) is 8.63. The van der Waals surface area contributed by atoms with Crippen LogP contribution in [0.25, 0.3) is 5.69 Å². The van der Waals surface area contributed by atoms with Crippen LogP contribution in [0.2, 0.25) is 0 Å². The Hall–Kier alpha value is -1.50. The summed E-state index contributed by atoms with van der Waals surface area (Å²) in [4.78, 5) is 12.0. The molecule has 23 heavy (non-hydrogen) atoms. The van der Waals surface area contributed by atoms with Gasteiger partial charge in [0, 0.05) is 49.5 Å². The van der Waals surface area contributed by atoms with Crippen molar-refractivity contribution >= 4 is 30.1 Å². The fraction of sp³-hybridized carbons (Fsp3) is 0.375. The Morgan fingerprint density at radius 1 is 1.43 bits per heavy atom. The summed E-state index contributed by atoms with van der Waals surface area (Å²) in [6.07, 6.45) is 4.21. The molecule has 1 aromatic carbocycles. The highest BCUT2D eigenvalue weighted by Gasteiger charge is 2.16. The number of nitrogens with zero attached hydrogens (tertiary/aromatic N) is 2. The third-order valence-electron chi connectivity index (χ3n) is 3.60. The average molecular weight is 353 g/mol. The van der Waals surface area contributed by atoms with E-state index < -0.39 is 0 Å². The quantitative estimate of drug-likeness (QED) is 0.864. The number of benzene rings is 1. The fourth-order valence-electron chi connectivity index (χ4n) is 2.48. The maximum atomic E-state index is 12.0. The Labute approximate surface area is 146 Å². The highest BCUT2D eigenvalue weighted by molar-refractivity contribution is 7.99. The molecule has 1 aliphatic rings. The molecule has 124 valence electrons. The number of hydrogen-bond donors (Lipinski definition) is 2. The zero-order valence-corrected chi connectivity index (χ0v) is 14.4. The molecule has 1 atom stereocenters. The Balaban J connectivity index is 0.00000192. The molecule has 1 amide bonds. The summed E-state index contributed by atoms with van der Waals surface area (Å²) in [5.41, 5.74) is 2.08. The summed E-state index contributed by atoms with van der Waals surface area (Å²) >= 11 is 1.91. The number of nitrogens with one attached hydrogen (secondary N) is 2. The molecule has 5 nitrogen and oxygen atoms in total. The zero-order chi connectivity index (χ0) is 15.2. The third kappa shape index (κ3) is 5.27. The van der Waals surface area contributed by atoms with Crippen molar-refractivity contribution in [3.05, 3.63) is 48.3 Å². The predicted molar refractivity (Wildman–Crippen MR) is 96.4 cm³/mol. The lowest BCUT2D eigenvalue weighted by Gasteiger charge is -2.22. The van der Waals surface area contributed by atoms with Gasteiger partial charge >= 0.3 is 0 Å². The lowest BCUT2D eigenvalue weighted by atomic mass is 10.2. The van der Waals surface area contributed by atoms with E-state index in [2.05, 4.69) is 15.7 Å². The lowest BCUT2D eigenvalue weighted by Crippen LogP contribution is -2.41. The van der Waals surface area contributed by atoms with E-state index in [-0.39, 0.29) is 18.3 Å². The molecule has 1 aliphatic heterocycles. The number of carbonyl (C=O) groups excluding carboxylic acids is 1. The van der Waals surface area contributed by atoms with E-state index >= 15 is 0 Å². The number of aromatic nitrogens is 2. The number of carbonyl (C=O) groups is 1. The van der Waals surface area contributed by atoms with E-state index in [4.69, 9.17) is 0 Å². The molecule has 1 fully saturated rings. The Bertz CT molecular complexity index is 614. The maximum absolute atomic E-state index is 12.0. The van der Waals surface area contributed by atoms with E-state index in [1.807, 2.05) is 53.0 Å². The number of hydrogen-bond acceptors (Lipinski definition) is 4.